The summed E-state index contributed by atoms with van der Waals surface area (Å²) in [4.78, 5) is 15.6. The molecule has 11 heavy (non-hydrogen) atoms. The SMILES string of the molecule is O=[N+]([O-])c1ncc(CCCl)[nH]1. The zero-order valence-corrected chi connectivity index (χ0v) is 6.34. The highest BCUT2D eigenvalue weighted by atomic mass is 35.5. The van der Waals surface area contributed by atoms with Crippen molar-refractivity contribution in [2.75, 3.05) is 5.88 Å². The molecule has 0 radical (unpaired) electrons. The third-order valence-electron chi connectivity index (χ3n) is 1.15. The summed E-state index contributed by atoms with van der Waals surface area (Å²) in [5.41, 5.74) is 0.687. The minimum atomic E-state index is -0.572. The Labute approximate surface area is 67.5 Å². The van der Waals surface area contributed by atoms with Crippen LogP contribution < -0.4 is 0 Å². The monoisotopic (exact) mass is 175 g/mol. The van der Waals surface area contributed by atoms with Gasteiger partial charge in [-0.05, 0) is 4.92 Å². The fraction of sp³-hybridized carbons (Fsp3) is 0.400. The number of nitro groups is 1. The molecule has 1 rings (SSSR count). The molecule has 0 aliphatic rings. The zero-order valence-electron chi connectivity index (χ0n) is 5.58. The van der Waals surface area contributed by atoms with Gasteiger partial charge in [0.2, 0.25) is 0 Å². The first-order valence-corrected chi connectivity index (χ1v) is 3.51. The number of hydrogen-bond donors (Lipinski definition) is 1. The minimum Gasteiger partial charge on any atom is -0.390 e. The minimum absolute atomic E-state index is 0.231. The second-order valence-electron chi connectivity index (χ2n) is 1.93. The van der Waals surface area contributed by atoms with E-state index in [1.54, 1.807) is 0 Å². The van der Waals surface area contributed by atoms with E-state index in [1.807, 2.05) is 0 Å². The summed E-state index contributed by atoms with van der Waals surface area (Å²) in [6, 6.07) is 0. The van der Waals surface area contributed by atoms with Crippen molar-refractivity contribution >= 4 is 17.5 Å². The lowest BCUT2D eigenvalue weighted by Crippen LogP contribution is -1.90. The topological polar surface area (TPSA) is 71.8 Å². The van der Waals surface area contributed by atoms with Crippen molar-refractivity contribution in [1.82, 2.24) is 9.97 Å². The average Bonchev–Trinajstić information content (AvgIpc) is 2.37. The number of nitrogens with one attached hydrogen (secondary N) is 1. The lowest BCUT2D eigenvalue weighted by Gasteiger charge is -1.86. The highest BCUT2D eigenvalue weighted by molar-refractivity contribution is 6.17. The molecular weight excluding hydrogens is 170 g/mol. The molecule has 0 saturated heterocycles. The standard InChI is InChI=1S/C5H6ClN3O2/c6-2-1-4-3-7-5(8-4)9(10)11/h3H,1-2H2,(H,7,8). The van der Waals surface area contributed by atoms with Gasteiger partial charge in [-0.1, -0.05) is 4.98 Å². The molecule has 1 aromatic heterocycles. The van der Waals surface area contributed by atoms with Gasteiger partial charge in [0, 0.05) is 12.3 Å². The van der Waals surface area contributed by atoms with E-state index in [0.29, 0.717) is 18.0 Å². The maximum atomic E-state index is 10.1. The second kappa shape index (κ2) is 3.34. The molecule has 1 aromatic rings. The Hall–Kier alpha value is -1.10. The van der Waals surface area contributed by atoms with Crippen LogP contribution in [0.25, 0.3) is 0 Å². The number of aryl methyl sites for hydroxylation is 1. The first-order valence-electron chi connectivity index (χ1n) is 2.98. The molecule has 6 heteroatoms. The molecule has 60 valence electrons. The van der Waals surface area contributed by atoms with Crippen LogP contribution in [0.15, 0.2) is 6.20 Å². The lowest BCUT2D eigenvalue weighted by atomic mass is 10.4. The van der Waals surface area contributed by atoms with Crippen LogP contribution >= 0.6 is 11.6 Å². The van der Waals surface area contributed by atoms with Crippen LogP contribution in [0.5, 0.6) is 0 Å². The van der Waals surface area contributed by atoms with Gasteiger partial charge < -0.3 is 10.1 Å². The van der Waals surface area contributed by atoms with Gasteiger partial charge in [-0.3, -0.25) is 0 Å². The molecule has 0 saturated carbocycles. The van der Waals surface area contributed by atoms with E-state index < -0.39 is 4.92 Å². The largest absolute Gasteiger partial charge is 0.432 e. The molecule has 0 aromatic carbocycles. The summed E-state index contributed by atoms with van der Waals surface area (Å²) in [6.07, 6.45) is 1.99. The van der Waals surface area contributed by atoms with E-state index in [2.05, 4.69) is 9.97 Å². The molecule has 0 spiro atoms. The van der Waals surface area contributed by atoms with Crippen molar-refractivity contribution < 1.29 is 4.92 Å². The normalized spacial score (nSPS) is 9.91. The molecule has 1 heterocycles. The molecule has 0 fully saturated rings. The number of aromatic nitrogens is 2. The van der Waals surface area contributed by atoms with Crippen molar-refractivity contribution in [3.8, 4) is 0 Å². The first kappa shape index (κ1) is 8.00. The number of alkyl halides is 1. The van der Waals surface area contributed by atoms with Crippen LogP contribution in [0.3, 0.4) is 0 Å². The van der Waals surface area contributed by atoms with Gasteiger partial charge in [0.25, 0.3) is 0 Å². The van der Waals surface area contributed by atoms with Gasteiger partial charge in [0.1, 0.15) is 11.9 Å². The third kappa shape index (κ3) is 1.91. The van der Waals surface area contributed by atoms with Crippen molar-refractivity contribution in [3.63, 3.8) is 0 Å². The van der Waals surface area contributed by atoms with E-state index in [9.17, 15) is 10.1 Å². The summed E-state index contributed by atoms with van der Waals surface area (Å²) in [5, 5.41) is 10.1. The van der Waals surface area contributed by atoms with Gasteiger partial charge in [0.05, 0.1) is 0 Å². The first-order chi connectivity index (χ1) is 5.24. The number of aromatic amines is 1. The number of imidazole rings is 1. The van der Waals surface area contributed by atoms with Gasteiger partial charge in [-0.15, -0.1) is 11.6 Å². The van der Waals surface area contributed by atoms with Gasteiger partial charge in [-0.2, -0.15) is 0 Å². The highest BCUT2D eigenvalue weighted by Gasteiger charge is 2.09. The fourth-order valence-electron chi connectivity index (χ4n) is 0.669. The van der Waals surface area contributed by atoms with E-state index in [1.165, 1.54) is 6.20 Å². The predicted molar refractivity (Wildman–Crippen MR) is 39.7 cm³/mol. The van der Waals surface area contributed by atoms with Gasteiger partial charge in [-0.25, -0.2) is 4.98 Å². The number of hydrogen-bond acceptors (Lipinski definition) is 3. The number of nitrogens with zero attached hydrogens (tertiary/aromatic N) is 2. The maximum Gasteiger partial charge on any atom is 0.432 e. The number of rotatable bonds is 3. The quantitative estimate of drug-likeness (QED) is 0.425. The van der Waals surface area contributed by atoms with Gasteiger partial charge in [0.15, 0.2) is 0 Å². The van der Waals surface area contributed by atoms with E-state index >= 15 is 0 Å². The van der Waals surface area contributed by atoms with Crippen molar-refractivity contribution in [2.45, 2.75) is 6.42 Å². The number of halogens is 1. The van der Waals surface area contributed by atoms with Crippen LogP contribution in [0.1, 0.15) is 5.69 Å². The molecule has 0 atom stereocenters. The third-order valence-corrected chi connectivity index (χ3v) is 1.34. The summed E-state index contributed by atoms with van der Waals surface area (Å²) in [7, 11) is 0. The second-order valence-corrected chi connectivity index (χ2v) is 2.31. The molecule has 0 aliphatic carbocycles. The fourth-order valence-corrected chi connectivity index (χ4v) is 0.872. The van der Waals surface area contributed by atoms with E-state index in [4.69, 9.17) is 11.6 Å². The Kier molecular flexibility index (Phi) is 2.43. The maximum absolute atomic E-state index is 10.1. The van der Waals surface area contributed by atoms with E-state index in [-0.39, 0.29) is 5.95 Å². The molecule has 0 unspecified atom stereocenters. The Morgan fingerprint density at radius 1 is 1.82 bits per heavy atom. The van der Waals surface area contributed by atoms with Crippen LogP contribution in [-0.2, 0) is 6.42 Å². The van der Waals surface area contributed by atoms with Gasteiger partial charge >= 0.3 is 5.95 Å². The van der Waals surface area contributed by atoms with Crippen molar-refractivity contribution in [3.05, 3.63) is 22.0 Å². The lowest BCUT2D eigenvalue weighted by molar-refractivity contribution is -0.393. The summed E-state index contributed by atoms with van der Waals surface area (Å²) in [6.45, 7) is 0. The van der Waals surface area contributed by atoms with Crippen LogP contribution in [0, 0.1) is 10.1 Å². The van der Waals surface area contributed by atoms with Crippen molar-refractivity contribution in [1.29, 1.82) is 0 Å². The van der Waals surface area contributed by atoms with Crippen LogP contribution in [0.2, 0.25) is 0 Å². The summed E-state index contributed by atoms with van der Waals surface area (Å²) >= 11 is 5.41. The highest BCUT2D eigenvalue weighted by Crippen LogP contribution is 2.05. The van der Waals surface area contributed by atoms with E-state index in [0.717, 1.165) is 0 Å². The van der Waals surface area contributed by atoms with Crippen molar-refractivity contribution in [2.24, 2.45) is 0 Å². The molecule has 0 amide bonds. The van der Waals surface area contributed by atoms with Crippen LogP contribution in [0.4, 0.5) is 5.95 Å². The van der Waals surface area contributed by atoms with Crippen LogP contribution in [-0.4, -0.2) is 20.8 Å². The molecule has 0 aliphatic heterocycles. The Balaban J connectivity index is 2.73. The predicted octanol–water partition coefficient (Wildman–Crippen LogP) is 1.10. The molecule has 0 bridgehead atoms. The zero-order chi connectivity index (χ0) is 8.27. The average molecular weight is 176 g/mol. The smallest absolute Gasteiger partial charge is 0.390 e. The molecule has 1 N–H and O–H groups in total. The number of H-pyrrole nitrogens is 1. The molecule has 5 nitrogen and oxygen atoms in total. The molecular formula is C5H6ClN3O2. The summed E-state index contributed by atoms with van der Waals surface area (Å²) in [5.74, 6) is 0.199. The Morgan fingerprint density at radius 3 is 3.00 bits per heavy atom. The summed E-state index contributed by atoms with van der Waals surface area (Å²) < 4.78 is 0. The Bertz CT molecular complexity index is 260. The Morgan fingerprint density at radius 2 is 2.55 bits per heavy atom.